The third-order valence-electron chi connectivity index (χ3n) is 2.92. The zero-order chi connectivity index (χ0) is 14.5. The molecule has 1 atom stereocenters. The first-order chi connectivity index (χ1) is 9.60. The molecule has 0 aliphatic heterocycles. The van der Waals surface area contributed by atoms with E-state index in [0.717, 1.165) is 11.3 Å². The number of hydrogen-bond acceptors (Lipinski definition) is 3. The van der Waals surface area contributed by atoms with Crippen molar-refractivity contribution >= 4 is 0 Å². The van der Waals surface area contributed by atoms with Crippen LogP contribution in [0.1, 0.15) is 17.2 Å². The molecule has 0 amide bonds. The number of ether oxygens (including phenoxy) is 2. The van der Waals surface area contributed by atoms with Gasteiger partial charge in [0.05, 0.1) is 13.2 Å². The second-order valence-corrected chi connectivity index (χ2v) is 4.20. The maximum absolute atomic E-state index is 12.2. The molecule has 3 nitrogen and oxygen atoms in total. The number of halogens is 2. The van der Waals surface area contributed by atoms with Crippen LogP contribution in [-0.4, -0.2) is 13.7 Å². The number of hydrogen-bond donors (Lipinski definition) is 1. The Labute approximate surface area is 115 Å². The maximum Gasteiger partial charge on any atom is 0.387 e. The molecule has 0 aliphatic rings. The van der Waals surface area contributed by atoms with Gasteiger partial charge in [-0.3, -0.25) is 0 Å². The molecule has 0 spiro atoms. The van der Waals surface area contributed by atoms with Crippen LogP contribution >= 0.6 is 0 Å². The van der Waals surface area contributed by atoms with E-state index in [-0.39, 0.29) is 5.75 Å². The SMILES string of the molecule is COc1ccc(C(N)c2cccc(OC(F)F)c2)cc1. The van der Waals surface area contributed by atoms with Crippen LogP contribution < -0.4 is 15.2 Å². The lowest BCUT2D eigenvalue weighted by Gasteiger charge is -2.14. The van der Waals surface area contributed by atoms with Crippen molar-refractivity contribution in [1.29, 1.82) is 0 Å². The quantitative estimate of drug-likeness (QED) is 0.913. The molecule has 0 aromatic heterocycles. The molecule has 1 unspecified atom stereocenters. The van der Waals surface area contributed by atoms with Gasteiger partial charge in [-0.25, -0.2) is 0 Å². The first-order valence-electron chi connectivity index (χ1n) is 6.04. The van der Waals surface area contributed by atoms with Crippen molar-refractivity contribution < 1.29 is 18.3 Å². The van der Waals surface area contributed by atoms with Crippen LogP contribution in [0.25, 0.3) is 0 Å². The minimum absolute atomic E-state index is 0.0986. The number of benzene rings is 2. The highest BCUT2D eigenvalue weighted by atomic mass is 19.3. The highest BCUT2D eigenvalue weighted by Crippen LogP contribution is 2.25. The van der Waals surface area contributed by atoms with Gasteiger partial charge in [-0.15, -0.1) is 0 Å². The summed E-state index contributed by atoms with van der Waals surface area (Å²) < 4.78 is 33.8. The molecule has 0 aliphatic carbocycles. The highest BCUT2D eigenvalue weighted by Gasteiger charge is 2.11. The van der Waals surface area contributed by atoms with E-state index in [0.29, 0.717) is 5.56 Å². The lowest BCUT2D eigenvalue weighted by atomic mass is 9.99. The van der Waals surface area contributed by atoms with E-state index in [4.69, 9.17) is 10.5 Å². The number of nitrogens with two attached hydrogens (primary N) is 1. The molecule has 106 valence electrons. The van der Waals surface area contributed by atoms with E-state index in [1.807, 2.05) is 12.1 Å². The third-order valence-corrected chi connectivity index (χ3v) is 2.92. The molecule has 0 fully saturated rings. The van der Waals surface area contributed by atoms with Crippen LogP contribution in [-0.2, 0) is 0 Å². The van der Waals surface area contributed by atoms with E-state index in [2.05, 4.69) is 4.74 Å². The summed E-state index contributed by atoms with van der Waals surface area (Å²) >= 11 is 0. The molecule has 2 N–H and O–H groups in total. The van der Waals surface area contributed by atoms with Gasteiger partial charge >= 0.3 is 6.61 Å². The van der Waals surface area contributed by atoms with Crippen molar-refractivity contribution in [2.75, 3.05) is 7.11 Å². The van der Waals surface area contributed by atoms with Gasteiger partial charge in [-0.05, 0) is 35.4 Å². The fraction of sp³-hybridized carbons (Fsp3) is 0.200. The maximum atomic E-state index is 12.2. The van der Waals surface area contributed by atoms with Crippen molar-refractivity contribution in [3.8, 4) is 11.5 Å². The minimum Gasteiger partial charge on any atom is -0.497 e. The molecule has 0 radical (unpaired) electrons. The van der Waals surface area contributed by atoms with Crippen molar-refractivity contribution in [3.63, 3.8) is 0 Å². The van der Waals surface area contributed by atoms with E-state index in [1.54, 1.807) is 31.4 Å². The molecule has 2 rings (SSSR count). The van der Waals surface area contributed by atoms with E-state index in [1.165, 1.54) is 12.1 Å². The lowest BCUT2D eigenvalue weighted by molar-refractivity contribution is -0.0498. The second-order valence-electron chi connectivity index (χ2n) is 4.20. The lowest BCUT2D eigenvalue weighted by Crippen LogP contribution is -2.12. The molecule has 0 saturated carbocycles. The van der Waals surface area contributed by atoms with Crippen LogP contribution in [0.3, 0.4) is 0 Å². The normalized spacial score (nSPS) is 12.2. The summed E-state index contributed by atoms with van der Waals surface area (Å²) in [5.41, 5.74) is 7.69. The van der Waals surface area contributed by atoms with Gasteiger partial charge in [0, 0.05) is 0 Å². The van der Waals surface area contributed by atoms with Crippen LogP contribution in [0.4, 0.5) is 8.78 Å². The molecule has 5 heteroatoms. The minimum atomic E-state index is -2.84. The Balaban J connectivity index is 2.20. The molecule has 0 heterocycles. The van der Waals surface area contributed by atoms with E-state index in [9.17, 15) is 8.78 Å². The Kier molecular flexibility index (Phi) is 4.53. The Morgan fingerprint density at radius 3 is 2.25 bits per heavy atom. The summed E-state index contributed by atoms with van der Waals surface area (Å²) in [6.45, 7) is -2.84. The summed E-state index contributed by atoms with van der Waals surface area (Å²) in [6, 6.07) is 13.3. The third kappa shape index (κ3) is 3.45. The Morgan fingerprint density at radius 1 is 0.950 bits per heavy atom. The van der Waals surface area contributed by atoms with Crippen molar-refractivity contribution in [3.05, 3.63) is 59.7 Å². The summed E-state index contributed by atoms with van der Waals surface area (Å²) in [6.07, 6.45) is 0. The molecule has 2 aromatic carbocycles. The molecular formula is C15H15F2NO2. The first-order valence-corrected chi connectivity index (χ1v) is 6.04. The largest absolute Gasteiger partial charge is 0.497 e. The van der Waals surface area contributed by atoms with Gasteiger partial charge in [-0.1, -0.05) is 24.3 Å². The number of rotatable bonds is 5. The number of alkyl halides is 2. The predicted octanol–water partition coefficient (Wildman–Crippen LogP) is 3.34. The predicted molar refractivity (Wildman–Crippen MR) is 72.1 cm³/mol. The molecule has 0 bridgehead atoms. The number of methoxy groups -OCH3 is 1. The van der Waals surface area contributed by atoms with Gasteiger partial charge < -0.3 is 15.2 Å². The average Bonchev–Trinajstić information content (AvgIpc) is 2.46. The first kappa shape index (κ1) is 14.3. The van der Waals surface area contributed by atoms with Crippen LogP contribution in [0.2, 0.25) is 0 Å². The second kappa shape index (κ2) is 6.34. The van der Waals surface area contributed by atoms with Crippen molar-refractivity contribution in [2.45, 2.75) is 12.7 Å². The van der Waals surface area contributed by atoms with E-state index >= 15 is 0 Å². The zero-order valence-corrected chi connectivity index (χ0v) is 10.9. The van der Waals surface area contributed by atoms with Gasteiger partial charge in [0.15, 0.2) is 0 Å². The van der Waals surface area contributed by atoms with Gasteiger partial charge in [0.2, 0.25) is 0 Å². The summed E-state index contributed by atoms with van der Waals surface area (Å²) in [5, 5.41) is 0. The van der Waals surface area contributed by atoms with E-state index < -0.39 is 12.7 Å². The van der Waals surface area contributed by atoms with Crippen molar-refractivity contribution in [1.82, 2.24) is 0 Å². The zero-order valence-electron chi connectivity index (χ0n) is 10.9. The smallest absolute Gasteiger partial charge is 0.387 e. The monoisotopic (exact) mass is 279 g/mol. The molecule has 2 aromatic rings. The fourth-order valence-corrected chi connectivity index (χ4v) is 1.89. The van der Waals surface area contributed by atoms with Crippen LogP contribution in [0.5, 0.6) is 11.5 Å². The van der Waals surface area contributed by atoms with Crippen LogP contribution in [0, 0.1) is 0 Å². The average molecular weight is 279 g/mol. The Morgan fingerprint density at radius 2 is 1.65 bits per heavy atom. The van der Waals surface area contributed by atoms with Gasteiger partial charge in [0.25, 0.3) is 0 Å². The van der Waals surface area contributed by atoms with Gasteiger partial charge in [0.1, 0.15) is 11.5 Å². The van der Waals surface area contributed by atoms with Crippen LogP contribution in [0.15, 0.2) is 48.5 Å². The summed E-state index contributed by atoms with van der Waals surface area (Å²) in [4.78, 5) is 0. The Bertz CT molecular complexity index is 558. The standard InChI is InChI=1S/C15H15F2NO2/c1-19-12-7-5-10(6-8-12)14(18)11-3-2-4-13(9-11)20-15(16)17/h2-9,14-15H,18H2,1H3. The highest BCUT2D eigenvalue weighted by molar-refractivity contribution is 5.38. The summed E-state index contributed by atoms with van der Waals surface area (Å²) in [5.74, 6) is 0.831. The summed E-state index contributed by atoms with van der Waals surface area (Å²) in [7, 11) is 1.58. The molecule has 0 saturated heterocycles. The topological polar surface area (TPSA) is 44.5 Å². The fourth-order valence-electron chi connectivity index (χ4n) is 1.89. The molecule has 20 heavy (non-hydrogen) atoms. The Hall–Kier alpha value is -2.14. The molecular weight excluding hydrogens is 264 g/mol. The van der Waals surface area contributed by atoms with Crippen molar-refractivity contribution in [2.24, 2.45) is 5.73 Å². The van der Waals surface area contributed by atoms with Gasteiger partial charge in [-0.2, -0.15) is 8.78 Å².